The number of nitrogens with one attached hydrogen (secondary N) is 1. The maximum atomic E-state index is 15.5. The molecule has 1 saturated carbocycles. The van der Waals surface area contributed by atoms with E-state index in [2.05, 4.69) is 5.43 Å². The van der Waals surface area contributed by atoms with Crippen LogP contribution in [0.2, 0.25) is 10.0 Å². The molecule has 6 unspecified atom stereocenters. The van der Waals surface area contributed by atoms with Gasteiger partial charge in [-0.3, -0.25) is 29.5 Å². The fourth-order valence-corrected chi connectivity index (χ4v) is 9.66. The fraction of sp³-hybridized carbons (Fsp3) is 0.250. The average molecular weight is 782 g/mol. The molecule has 6 atom stereocenters. The summed E-state index contributed by atoms with van der Waals surface area (Å²) in [5.41, 5.74) is 3.55. The zero-order valence-corrected chi connectivity index (χ0v) is 31.0. The molecule has 4 aromatic carbocycles. The van der Waals surface area contributed by atoms with Crippen molar-refractivity contribution >= 4 is 70.8 Å². The number of anilines is 2. The monoisotopic (exact) mass is 781 g/mol. The molecule has 4 aromatic rings. The number of phenols is 1. The number of hydrogen-bond acceptors (Lipinski definition) is 10. The van der Waals surface area contributed by atoms with Gasteiger partial charge in [0.1, 0.15) is 17.2 Å². The van der Waals surface area contributed by atoms with E-state index in [9.17, 15) is 29.5 Å². The molecule has 0 aromatic heterocycles. The molecule has 280 valence electrons. The minimum Gasteiger partial charge on any atom is -0.508 e. The van der Waals surface area contributed by atoms with Gasteiger partial charge in [0.15, 0.2) is 0 Å². The van der Waals surface area contributed by atoms with Gasteiger partial charge in [-0.05, 0) is 78.3 Å². The molecule has 0 bridgehead atoms. The highest BCUT2D eigenvalue weighted by molar-refractivity contribution is 6.58. The average Bonchev–Trinajstić information content (AvgIpc) is 3.56. The number of ether oxygens (including phenoxy) is 2. The Morgan fingerprint density at radius 1 is 0.855 bits per heavy atom. The Hall–Kier alpha value is -5.34. The predicted molar refractivity (Wildman–Crippen MR) is 204 cm³/mol. The number of carbonyl (C=O) groups excluding carboxylic acids is 4. The SMILES string of the molecule is COc1ccc(C23C(=O)N(Nc4ccc(Cl)cc4Cl)C(=O)C2CC2C(=CCC4C(=O)N(c5cccc(B(O)O)c5)C(=O)C42)C3c2ccc(O)cc2OC)cc1. The van der Waals surface area contributed by atoms with Gasteiger partial charge >= 0.3 is 7.12 Å². The van der Waals surface area contributed by atoms with E-state index < -0.39 is 65.8 Å². The Balaban J connectivity index is 1.33. The number of halogens is 2. The number of hydrazine groups is 1. The molecule has 4 N–H and O–H groups in total. The second kappa shape index (κ2) is 13.8. The molecule has 0 radical (unpaired) electrons. The number of nitrogens with zero attached hydrogens (tertiary/aromatic N) is 2. The zero-order chi connectivity index (χ0) is 38.9. The van der Waals surface area contributed by atoms with Crippen LogP contribution in [0.25, 0.3) is 0 Å². The van der Waals surface area contributed by atoms with Crippen LogP contribution in [0.5, 0.6) is 17.2 Å². The van der Waals surface area contributed by atoms with Crippen molar-refractivity contribution < 1.29 is 43.8 Å². The third-order valence-electron chi connectivity index (χ3n) is 11.5. The Bertz CT molecular complexity index is 2300. The van der Waals surface area contributed by atoms with Crippen LogP contribution in [-0.2, 0) is 24.6 Å². The van der Waals surface area contributed by atoms with Crippen LogP contribution in [0.1, 0.15) is 29.9 Å². The van der Waals surface area contributed by atoms with Crippen molar-refractivity contribution in [1.29, 1.82) is 0 Å². The van der Waals surface area contributed by atoms with Crippen LogP contribution in [0.4, 0.5) is 11.4 Å². The van der Waals surface area contributed by atoms with E-state index in [1.165, 1.54) is 50.6 Å². The number of carbonyl (C=O) groups is 4. The van der Waals surface area contributed by atoms with E-state index in [-0.39, 0.29) is 46.2 Å². The second-order valence-electron chi connectivity index (χ2n) is 14.1. The van der Waals surface area contributed by atoms with Gasteiger partial charge in [0.25, 0.3) is 11.8 Å². The predicted octanol–water partition coefficient (Wildman–Crippen LogP) is 4.59. The van der Waals surface area contributed by atoms with Crippen LogP contribution in [0, 0.1) is 23.7 Å². The first-order chi connectivity index (χ1) is 26.4. The number of benzene rings is 4. The normalized spacial score (nSPS) is 25.6. The first-order valence-corrected chi connectivity index (χ1v) is 18.3. The Morgan fingerprint density at radius 3 is 2.31 bits per heavy atom. The number of aromatic hydroxyl groups is 1. The zero-order valence-electron chi connectivity index (χ0n) is 29.5. The van der Waals surface area contributed by atoms with Crippen molar-refractivity contribution in [3.8, 4) is 17.2 Å². The summed E-state index contributed by atoms with van der Waals surface area (Å²) in [6.07, 6.45) is 2.08. The van der Waals surface area contributed by atoms with E-state index in [1.54, 1.807) is 48.5 Å². The number of rotatable bonds is 8. The fourth-order valence-electron chi connectivity index (χ4n) is 9.21. The Labute approximate surface area is 326 Å². The molecule has 0 spiro atoms. The summed E-state index contributed by atoms with van der Waals surface area (Å²) in [6.45, 7) is 0. The molecule has 2 aliphatic carbocycles. The van der Waals surface area contributed by atoms with Crippen molar-refractivity contribution in [3.05, 3.63) is 118 Å². The molecule has 2 saturated heterocycles. The molecular weight excluding hydrogens is 748 g/mol. The van der Waals surface area contributed by atoms with E-state index in [1.807, 2.05) is 6.08 Å². The summed E-state index contributed by atoms with van der Waals surface area (Å²) >= 11 is 12.7. The minimum atomic E-state index is -1.82. The van der Waals surface area contributed by atoms with Crippen LogP contribution in [-0.4, -0.2) is 65.1 Å². The highest BCUT2D eigenvalue weighted by Crippen LogP contribution is 2.65. The van der Waals surface area contributed by atoms with E-state index in [0.29, 0.717) is 27.5 Å². The molecule has 12 nitrogen and oxygen atoms in total. The number of methoxy groups -OCH3 is 2. The first kappa shape index (κ1) is 36.6. The quantitative estimate of drug-likeness (QED) is 0.113. The van der Waals surface area contributed by atoms with Gasteiger partial charge in [-0.2, -0.15) is 5.01 Å². The third-order valence-corrected chi connectivity index (χ3v) is 12.1. The summed E-state index contributed by atoms with van der Waals surface area (Å²) in [7, 11) is 1.14. The lowest BCUT2D eigenvalue weighted by Crippen LogP contribution is -2.53. The van der Waals surface area contributed by atoms with Crippen molar-refractivity contribution in [2.75, 3.05) is 24.5 Å². The van der Waals surface area contributed by atoms with E-state index in [0.717, 1.165) is 9.91 Å². The molecule has 4 aliphatic rings. The highest BCUT2D eigenvalue weighted by Gasteiger charge is 2.70. The van der Waals surface area contributed by atoms with Gasteiger partial charge in [-0.1, -0.05) is 65.2 Å². The first-order valence-electron chi connectivity index (χ1n) is 17.6. The molecule has 2 aliphatic heterocycles. The molecular formula is C40H34BCl2N3O9. The summed E-state index contributed by atoms with van der Waals surface area (Å²) in [5, 5.41) is 31.8. The number of imide groups is 2. The number of hydrogen-bond donors (Lipinski definition) is 4. The van der Waals surface area contributed by atoms with Crippen LogP contribution < -0.4 is 25.3 Å². The van der Waals surface area contributed by atoms with Gasteiger partial charge in [-0.15, -0.1) is 0 Å². The lowest BCUT2D eigenvalue weighted by Gasteiger charge is -2.50. The van der Waals surface area contributed by atoms with Crippen LogP contribution in [0.15, 0.2) is 96.6 Å². The van der Waals surface area contributed by atoms with Crippen LogP contribution in [0.3, 0.4) is 0 Å². The molecule has 15 heteroatoms. The maximum absolute atomic E-state index is 15.5. The largest absolute Gasteiger partial charge is 0.508 e. The molecule has 55 heavy (non-hydrogen) atoms. The molecule has 3 fully saturated rings. The Morgan fingerprint density at radius 2 is 1.62 bits per heavy atom. The lowest BCUT2D eigenvalue weighted by molar-refractivity contribution is -0.138. The number of allylic oxidation sites excluding steroid dienone is 2. The lowest BCUT2D eigenvalue weighted by atomic mass is 9.49. The van der Waals surface area contributed by atoms with Gasteiger partial charge < -0.3 is 24.6 Å². The van der Waals surface area contributed by atoms with E-state index >= 15 is 4.79 Å². The number of phenolic OH excluding ortho intramolecular Hbond substituents is 1. The van der Waals surface area contributed by atoms with Gasteiger partial charge in [-0.25, -0.2) is 0 Å². The Kier molecular flexibility index (Phi) is 9.16. The molecule has 4 amide bonds. The number of fused-ring (bicyclic) bond motifs is 4. The summed E-state index contributed by atoms with van der Waals surface area (Å²) < 4.78 is 11.3. The highest BCUT2D eigenvalue weighted by atomic mass is 35.5. The van der Waals surface area contributed by atoms with Gasteiger partial charge in [0.05, 0.1) is 53.8 Å². The maximum Gasteiger partial charge on any atom is 0.488 e. The van der Waals surface area contributed by atoms with Gasteiger partial charge in [0.2, 0.25) is 11.8 Å². The standard InChI is InChI=1S/C40H34BCl2N3O9/c1-54-25-10-6-20(7-11-25)40-30(37(49)46(39(40)51)44-32-15-8-22(42)17-31(32)43)19-29-26(35(40)27-12-9-24(47)18-33(27)55-2)13-14-28-34(29)38(50)45(36(28)48)23-5-3-4-21(16-23)41(52)53/h3-13,15-18,28-30,34-35,44,47,52-53H,14,19H2,1-2H3. The summed E-state index contributed by atoms with van der Waals surface area (Å²) in [4.78, 5) is 60.2. The third kappa shape index (κ3) is 5.59. The number of amides is 4. The van der Waals surface area contributed by atoms with Crippen molar-refractivity contribution in [1.82, 2.24) is 5.01 Å². The van der Waals surface area contributed by atoms with Gasteiger partial charge in [0, 0.05) is 22.6 Å². The van der Waals surface area contributed by atoms with Crippen LogP contribution >= 0.6 is 23.2 Å². The minimum absolute atomic E-state index is 0.0231. The smallest absolute Gasteiger partial charge is 0.488 e. The van der Waals surface area contributed by atoms with Crippen molar-refractivity contribution in [3.63, 3.8) is 0 Å². The second-order valence-corrected chi connectivity index (χ2v) is 15.0. The van der Waals surface area contributed by atoms with Crippen molar-refractivity contribution in [2.45, 2.75) is 24.2 Å². The van der Waals surface area contributed by atoms with Crippen molar-refractivity contribution in [2.24, 2.45) is 23.7 Å². The summed E-state index contributed by atoms with van der Waals surface area (Å²) in [6, 6.07) is 22.0. The molecule has 8 rings (SSSR count). The molecule has 2 heterocycles. The van der Waals surface area contributed by atoms with E-state index in [4.69, 9.17) is 32.7 Å². The topological polar surface area (TPSA) is 166 Å². The summed E-state index contributed by atoms with van der Waals surface area (Å²) in [5.74, 6) is -5.82.